The summed E-state index contributed by atoms with van der Waals surface area (Å²) < 4.78 is 3.78. The van der Waals surface area contributed by atoms with Crippen LogP contribution in [0.15, 0.2) is 30.3 Å². The van der Waals surface area contributed by atoms with E-state index in [-0.39, 0.29) is 0 Å². The van der Waals surface area contributed by atoms with Gasteiger partial charge in [-0.05, 0) is 26.3 Å². The molecule has 0 fully saturated rings. The fourth-order valence-corrected chi connectivity index (χ4v) is 3.33. The molecule has 3 aromatic rings. The lowest BCUT2D eigenvalue weighted by atomic mass is 10.2. The van der Waals surface area contributed by atoms with Crippen LogP contribution in [0.1, 0.15) is 33.8 Å². The van der Waals surface area contributed by atoms with Gasteiger partial charge in [-0.15, -0.1) is 0 Å². The molecule has 132 valence electrons. The van der Waals surface area contributed by atoms with Crippen LogP contribution in [0.5, 0.6) is 0 Å². The van der Waals surface area contributed by atoms with E-state index in [4.69, 9.17) is 16.7 Å². The third-order valence-electron chi connectivity index (χ3n) is 4.58. The number of benzene rings is 1. The summed E-state index contributed by atoms with van der Waals surface area (Å²) in [6, 6.07) is 10.4. The van der Waals surface area contributed by atoms with Crippen molar-refractivity contribution < 1.29 is 0 Å². The number of nitrogens with zero attached hydrogens (tertiary/aromatic N) is 4. The first-order chi connectivity index (χ1) is 12.0. The topological polar surface area (TPSA) is 47.7 Å². The zero-order chi connectivity index (χ0) is 18.0. The zero-order valence-electron chi connectivity index (χ0n) is 15.2. The van der Waals surface area contributed by atoms with Crippen molar-refractivity contribution in [1.82, 2.24) is 24.9 Å². The van der Waals surface area contributed by atoms with Crippen LogP contribution in [0.3, 0.4) is 0 Å². The lowest BCUT2D eigenvalue weighted by Crippen LogP contribution is -2.14. The molecule has 1 N–H and O–H groups in total. The van der Waals surface area contributed by atoms with Gasteiger partial charge in [0.1, 0.15) is 5.15 Å². The zero-order valence-corrected chi connectivity index (χ0v) is 15.9. The number of halogens is 1. The van der Waals surface area contributed by atoms with Crippen LogP contribution in [0, 0.1) is 20.8 Å². The Morgan fingerprint density at radius 1 is 0.960 bits per heavy atom. The molecule has 0 bridgehead atoms. The molecule has 0 unspecified atom stereocenters. The lowest BCUT2D eigenvalue weighted by Gasteiger charge is -2.07. The normalized spacial score (nSPS) is 11.2. The van der Waals surface area contributed by atoms with Gasteiger partial charge in [-0.3, -0.25) is 9.36 Å². The SMILES string of the molecule is Cc1nn(C)c(Cl)c1CNCc1c(C)nn(Cc2ccccc2)c1C. The first-order valence-electron chi connectivity index (χ1n) is 8.43. The highest BCUT2D eigenvalue weighted by Crippen LogP contribution is 2.19. The van der Waals surface area contributed by atoms with Crippen LogP contribution in [-0.4, -0.2) is 19.6 Å². The summed E-state index contributed by atoms with van der Waals surface area (Å²) in [7, 11) is 1.86. The molecule has 0 aliphatic heterocycles. The van der Waals surface area contributed by atoms with Crippen LogP contribution >= 0.6 is 11.6 Å². The van der Waals surface area contributed by atoms with E-state index in [0.29, 0.717) is 11.7 Å². The monoisotopic (exact) mass is 357 g/mol. The molecule has 0 aliphatic rings. The number of hydrogen-bond acceptors (Lipinski definition) is 3. The minimum absolute atomic E-state index is 0.693. The van der Waals surface area contributed by atoms with Crippen molar-refractivity contribution in [2.24, 2.45) is 7.05 Å². The Morgan fingerprint density at radius 2 is 1.60 bits per heavy atom. The number of rotatable bonds is 6. The second-order valence-corrected chi connectivity index (χ2v) is 6.73. The fraction of sp³-hybridized carbons (Fsp3) is 0.368. The largest absolute Gasteiger partial charge is 0.308 e. The van der Waals surface area contributed by atoms with Crippen molar-refractivity contribution in [1.29, 1.82) is 0 Å². The first kappa shape index (κ1) is 17.7. The second-order valence-electron chi connectivity index (χ2n) is 6.37. The average Bonchev–Trinajstić information content (AvgIpc) is 2.99. The average molecular weight is 358 g/mol. The van der Waals surface area contributed by atoms with Gasteiger partial charge in [-0.1, -0.05) is 41.9 Å². The molecule has 3 rings (SSSR count). The second kappa shape index (κ2) is 7.42. The molecular weight excluding hydrogens is 334 g/mol. The maximum absolute atomic E-state index is 6.30. The Hall–Kier alpha value is -2.11. The van der Waals surface area contributed by atoms with Crippen LogP contribution in [0.25, 0.3) is 0 Å². The Kier molecular flexibility index (Phi) is 5.25. The molecule has 1 aromatic carbocycles. The van der Waals surface area contributed by atoms with E-state index in [1.807, 2.05) is 20.0 Å². The molecule has 0 aliphatic carbocycles. The molecule has 5 nitrogen and oxygen atoms in total. The number of aromatic nitrogens is 4. The van der Waals surface area contributed by atoms with E-state index >= 15 is 0 Å². The number of nitrogens with one attached hydrogen (secondary N) is 1. The first-order valence-corrected chi connectivity index (χ1v) is 8.80. The van der Waals surface area contributed by atoms with E-state index in [1.165, 1.54) is 16.8 Å². The van der Waals surface area contributed by atoms with Crippen LogP contribution in [0.2, 0.25) is 5.15 Å². The minimum atomic E-state index is 0.693. The van der Waals surface area contributed by atoms with Crippen molar-refractivity contribution in [3.05, 3.63) is 69.3 Å². The molecule has 2 aromatic heterocycles. The molecule has 25 heavy (non-hydrogen) atoms. The van der Waals surface area contributed by atoms with E-state index in [2.05, 4.69) is 53.2 Å². The highest BCUT2D eigenvalue weighted by molar-refractivity contribution is 6.30. The van der Waals surface area contributed by atoms with E-state index < -0.39 is 0 Å². The molecule has 0 atom stereocenters. The summed E-state index contributed by atoms with van der Waals surface area (Å²) >= 11 is 6.30. The van der Waals surface area contributed by atoms with Gasteiger partial charge in [0.25, 0.3) is 0 Å². The van der Waals surface area contributed by atoms with E-state index in [1.54, 1.807) is 4.68 Å². The van der Waals surface area contributed by atoms with Gasteiger partial charge in [-0.25, -0.2) is 0 Å². The molecular formula is C19H24ClN5. The van der Waals surface area contributed by atoms with Crippen LogP contribution in [0.4, 0.5) is 0 Å². The summed E-state index contributed by atoms with van der Waals surface area (Å²) in [5.74, 6) is 0. The Morgan fingerprint density at radius 3 is 2.24 bits per heavy atom. The third-order valence-corrected chi connectivity index (χ3v) is 5.05. The smallest absolute Gasteiger partial charge is 0.131 e. The molecule has 0 spiro atoms. The summed E-state index contributed by atoms with van der Waals surface area (Å²) in [4.78, 5) is 0. The quantitative estimate of drug-likeness (QED) is 0.734. The van der Waals surface area contributed by atoms with Crippen molar-refractivity contribution in [2.75, 3.05) is 0 Å². The van der Waals surface area contributed by atoms with Crippen LogP contribution in [-0.2, 0) is 26.7 Å². The van der Waals surface area contributed by atoms with Crippen molar-refractivity contribution in [3.63, 3.8) is 0 Å². The molecule has 6 heteroatoms. The standard InChI is InChI=1S/C19H24ClN5/c1-13-17(10-21-11-18-14(2)22-24(4)19(18)20)15(3)25(23-13)12-16-8-6-5-7-9-16/h5-9,21H,10-12H2,1-4H3. The summed E-state index contributed by atoms with van der Waals surface area (Å²) in [5, 5.41) is 13.2. The van der Waals surface area contributed by atoms with Gasteiger partial charge in [0.05, 0.1) is 17.9 Å². The van der Waals surface area contributed by atoms with Gasteiger partial charge >= 0.3 is 0 Å². The fourth-order valence-electron chi connectivity index (χ4n) is 3.09. The lowest BCUT2D eigenvalue weighted by molar-refractivity contribution is 0.652. The maximum Gasteiger partial charge on any atom is 0.131 e. The maximum atomic E-state index is 6.30. The molecule has 0 radical (unpaired) electrons. The molecule has 0 amide bonds. The Labute approximate surface area is 153 Å². The Balaban J connectivity index is 1.69. The van der Waals surface area contributed by atoms with Crippen LogP contribution < -0.4 is 5.32 Å². The molecule has 0 saturated heterocycles. The highest BCUT2D eigenvalue weighted by Gasteiger charge is 2.14. The molecule has 0 saturated carbocycles. The van der Waals surface area contributed by atoms with Gasteiger partial charge < -0.3 is 5.32 Å². The number of aryl methyl sites for hydroxylation is 3. The third kappa shape index (κ3) is 3.78. The minimum Gasteiger partial charge on any atom is -0.308 e. The Bertz CT molecular complexity index is 864. The van der Waals surface area contributed by atoms with E-state index in [9.17, 15) is 0 Å². The van der Waals surface area contributed by atoms with Crippen molar-refractivity contribution in [2.45, 2.75) is 40.4 Å². The summed E-state index contributed by atoms with van der Waals surface area (Å²) in [6.45, 7) is 8.42. The summed E-state index contributed by atoms with van der Waals surface area (Å²) in [5.41, 5.74) is 6.78. The van der Waals surface area contributed by atoms with Gasteiger partial charge in [0, 0.05) is 37.0 Å². The van der Waals surface area contributed by atoms with Crippen molar-refractivity contribution >= 4 is 11.6 Å². The highest BCUT2D eigenvalue weighted by atomic mass is 35.5. The van der Waals surface area contributed by atoms with E-state index in [0.717, 1.165) is 30.0 Å². The predicted octanol–water partition coefficient (Wildman–Crippen LogP) is 3.53. The van der Waals surface area contributed by atoms with Gasteiger partial charge in [-0.2, -0.15) is 10.2 Å². The van der Waals surface area contributed by atoms with Gasteiger partial charge in [0.15, 0.2) is 0 Å². The van der Waals surface area contributed by atoms with Crippen molar-refractivity contribution in [3.8, 4) is 0 Å². The van der Waals surface area contributed by atoms with Gasteiger partial charge in [0.2, 0.25) is 0 Å². The summed E-state index contributed by atoms with van der Waals surface area (Å²) in [6.07, 6.45) is 0. The number of hydrogen-bond donors (Lipinski definition) is 1. The molecule has 2 heterocycles. The predicted molar refractivity (Wildman–Crippen MR) is 101 cm³/mol.